The summed E-state index contributed by atoms with van der Waals surface area (Å²) in [7, 11) is -0.765. The second kappa shape index (κ2) is 10.6. The summed E-state index contributed by atoms with van der Waals surface area (Å²) in [6, 6.07) is 27.8. The molecule has 40 heavy (non-hydrogen) atoms. The minimum atomic E-state index is -2.63. The van der Waals surface area contributed by atoms with E-state index in [0.29, 0.717) is 18.0 Å². The predicted molar refractivity (Wildman–Crippen MR) is 169 cm³/mol. The molecule has 0 unspecified atom stereocenters. The summed E-state index contributed by atoms with van der Waals surface area (Å²) in [5, 5.41) is 2.46. The fourth-order valence-corrected chi connectivity index (χ4v) is 11.2. The molecule has 0 bridgehead atoms. The number of imidazole rings is 1. The molecule has 0 N–H and O–H groups in total. The van der Waals surface area contributed by atoms with Gasteiger partial charge in [-0.05, 0) is 38.5 Å². The highest BCUT2D eigenvalue weighted by molar-refractivity contribution is 7.19. The molecule has 0 aliphatic carbocycles. The Morgan fingerprint density at radius 2 is 1.52 bits per heavy atom. The molecule has 0 saturated carbocycles. The maximum atomic E-state index is 13.1. The topological polar surface area (TPSA) is 46.8 Å². The van der Waals surface area contributed by atoms with Crippen molar-refractivity contribution in [3.63, 3.8) is 0 Å². The normalized spacial score (nSPS) is 12.8. The lowest BCUT2D eigenvalue weighted by atomic mass is 9.96. The Hall–Kier alpha value is -3.26. The Kier molecular flexibility index (Phi) is 7.50. The Morgan fingerprint density at radius 1 is 0.925 bits per heavy atom. The standard InChI is InChI=1S/C33H39N3O2SSi/c1-32(2,3)23-35(7)30(37)29-21-36-28-19-18-24(20-27(28)34-31(36)39-29)22-38-40(33(4,5)6,25-14-10-8-11-15-25)26-16-12-9-13-17-26/h8-21H,22-23H2,1-7H3. The molecular formula is C33H39N3O2SSi. The van der Waals surface area contributed by atoms with E-state index in [-0.39, 0.29) is 16.4 Å². The Labute approximate surface area is 242 Å². The largest absolute Gasteiger partial charge is 0.403 e. The van der Waals surface area contributed by atoms with Crippen molar-refractivity contribution in [3.8, 4) is 0 Å². The SMILES string of the molecule is CN(CC(C)(C)C)C(=O)c1cn2c(nc3cc(CO[Si](c4ccccc4)(c4ccccc4)C(C)(C)C)ccc32)s1. The Balaban J connectivity index is 1.46. The summed E-state index contributed by atoms with van der Waals surface area (Å²) in [4.78, 5) is 21.3. The summed E-state index contributed by atoms with van der Waals surface area (Å²) < 4.78 is 9.16. The van der Waals surface area contributed by atoms with E-state index in [0.717, 1.165) is 21.6 Å². The molecule has 5 aromatic rings. The van der Waals surface area contributed by atoms with Gasteiger partial charge < -0.3 is 9.33 Å². The van der Waals surface area contributed by atoms with E-state index in [1.165, 1.54) is 21.7 Å². The zero-order valence-electron chi connectivity index (χ0n) is 24.6. The second-order valence-electron chi connectivity index (χ2n) is 12.9. The molecule has 0 saturated heterocycles. The summed E-state index contributed by atoms with van der Waals surface area (Å²) in [5.74, 6) is 0.0360. The molecule has 208 valence electrons. The number of hydrogen-bond acceptors (Lipinski definition) is 4. The van der Waals surface area contributed by atoms with Crippen LogP contribution in [0.15, 0.2) is 85.1 Å². The molecule has 0 aliphatic rings. The Bertz CT molecular complexity index is 1590. The fourth-order valence-electron chi connectivity index (χ4n) is 5.67. The first-order chi connectivity index (χ1) is 18.9. The molecule has 5 rings (SSSR count). The van der Waals surface area contributed by atoms with Crippen molar-refractivity contribution in [2.75, 3.05) is 13.6 Å². The molecule has 0 atom stereocenters. The third-order valence-electron chi connectivity index (χ3n) is 7.31. The lowest BCUT2D eigenvalue weighted by Gasteiger charge is -2.43. The van der Waals surface area contributed by atoms with Gasteiger partial charge in [-0.3, -0.25) is 9.20 Å². The number of amides is 1. The minimum absolute atomic E-state index is 0.0360. The highest BCUT2D eigenvalue weighted by atomic mass is 32.1. The van der Waals surface area contributed by atoms with E-state index in [2.05, 4.69) is 120 Å². The van der Waals surface area contributed by atoms with Crippen LogP contribution in [0.3, 0.4) is 0 Å². The van der Waals surface area contributed by atoms with Crippen LogP contribution in [-0.2, 0) is 11.0 Å². The Morgan fingerprint density at radius 3 is 2.08 bits per heavy atom. The van der Waals surface area contributed by atoms with Crippen LogP contribution in [0.2, 0.25) is 5.04 Å². The van der Waals surface area contributed by atoms with Gasteiger partial charge in [0.15, 0.2) is 4.96 Å². The van der Waals surface area contributed by atoms with Crippen LogP contribution >= 0.6 is 11.3 Å². The van der Waals surface area contributed by atoms with Crippen molar-refractivity contribution in [3.05, 3.63) is 95.5 Å². The van der Waals surface area contributed by atoms with Gasteiger partial charge in [0, 0.05) is 19.8 Å². The molecular weight excluding hydrogens is 531 g/mol. The molecule has 0 radical (unpaired) electrons. The number of rotatable bonds is 7. The maximum absolute atomic E-state index is 13.1. The van der Waals surface area contributed by atoms with Crippen molar-refractivity contribution in [2.45, 2.75) is 53.2 Å². The van der Waals surface area contributed by atoms with Crippen LogP contribution in [-0.4, -0.2) is 42.1 Å². The molecule has 1 amide bonds. The molecule has 0 aliphatic heterocycles. The molecule has 2 aromatic heterocycles. The smallest absolute Gasteiger partial charge is 0.265 e. The second-order valence-corrected chi connectivity index (χ2v) is 18.2. The predicted octanol–water partition coefficient (Wildman–Crippen LogP) is 6.74. The third-order valence-corrected chi connectivity index (χ3v) is 13.3. The first kappa shape index (κ1) is 28.3. The molecule has 0 spiro atoms. The van der Waals surface area contributed by atoms with Gasteiger partial charge in [-0.1, -0.05) is 120 Å². The zero-order chi connectivity index (χ0) is 28.7. The summed E-state index contributed by atoms with van der Waals surface area (Å²) >= 11 is 1.44. The van der Waals surface area contributed by atoms with Gasteiger partial charge in [0.25, 0.3) is 14.2 Å². The lowest BCUT2D eigenvalue weighted by Crippen LogP contribution is -2.66. The third kappa shape index (κ3) is 5.38. The highest BCUT2D eigenvalue weighted by Crippen LogP contribution is 2.37. The highest BCUT2D eigenvalue weighted by Gasteiger charge is 2.50. The van der Waals surface area contributed by atoms with Crippen molar-refractivity contribution in [2.24, 2.45) is 5.41 Å². The van der Waals surface area contributed by atoms with Crippen molar-refractivity contribution in [1.29, 1.82) is 0 Å². The van der Waals surface area contributed by atoms with Crippen LogP contribution in [0.4, 0.5) is 0 Å². The van der Waals surface area contributed by atoms with E-state index in [1.54, 1.807) is 4.90 Å². The van der Waals surface area contributed by atoms with Crippen LogP contribution < -0.4 is 10.4 Å². The molecule has 0 fully saturated rings. The summed E-state index contributed by atoms with van der Waals surface area (Å²) in [6.07, 6.45) is 1.93. The number of hydrogen-bond donors (Lipinski definition) is 0. The van der Waals surface area contributed by atoms with Crippen LogP contribution in [0.25, 0.3) is 16.0 Å². The van der Waals surface area contributed by atoms with Gasteiger partial charge in [-0.25, -0.2) is 4.98 Å². The van der Waals surface area contributed by atoms with E-state index in [4.69, 9.17) is 9.41 Å². The molecule has 2 heterocycles. The number of carbonyl (C=O) groups is 1. The average Bonchev–Trinajstić information content (AvgIpc) is 3.46. The fraction of sp³-hybridized carbons (Fsp3) is 0.333. The van der Waals surface area contributed by atoms with Gasteiger partial charge in [0.2, 0.25) is 0 Å². The van der Waals surface area contributed by atoms with Crippen LogP contribution in [0.1, 0.15) is 56.8 Å². The van der Waals surface area contributed by atoms with Crippen LogP contribution in [0.5, 0.6) is 0 Å². The monoisotopic (exact) mass is 569 g/mol. The summed E-state index contributed by atoms with van der Waals surface area (Å²) in [6.45, 7) is 14.5. The number of nitrogens with zero attached hydrogens (tertiary/aromatic N) is 3. The van der Waals surface area contributed by atoms with E-state index in [1.807, 2.05) is 17.6 Å². The van der Waals surface area contributed by atoms with E-state index < -0.39 is 8.32 Å². The van der Waals surface area contributed by atoms with Gasteiger partial charge in [0.05, 0.1) is 17.6 Å². The van der Waals surface area contributed by atoms with Crippen molar-refractivity contribution < 1.29 is 9.22 Å². The number of thiazole rings is 1. The van der Waals surface area contributed by atoms with Gasteiger partial charge in [-0.15, -0.1) is 0 Å². The van der Waals surface area contributed by atoms with Gasteiger partial charge in [-0.2, -0.15) is 0 Å². The van der Waals surface area contributed by atoms with Gasteiger partial charge >= 0.3 is 0 Å². The average molecular weight is 570 g/mol. The zero-order valence-corrected chi connectivity index (χ0v) is 26.4. The van der Waals surface area contributed by atoms with Crippen molar-refractivity contribution >= 4 is 51.9 Å². The molecule has 7 heteroatoms. The minimum Gasteiger partial charge on any atom is -0.403 e. The maximum Gasteiger partial charge on any atom is 0.265 e. The number of fused-ring (bicyclic) bond motifs is 3. The van der Waals surface area contributed by atoms with Crippen molar-refractivity contribution in [1.82, 2.24) is 14.3 Å². The number of aromatic nitrogens is 2. The molecule has 5 nitrogen and oxygen atoms in total. The van der Waals surface area contributed by atoms with E-state index >= 15 is 0 Å². The quantitative estimate of drug-likeness (QED) is 0.204. The first-order valence-corrected chi connectivity index (χ1v) is 16.5. The first-order valence-electron chi connectivity index (χ1n) is 13.8. The van der Waals surface area contributed by atoms with Crippen LogP contribution in [0, 0.1) is 5.41 Å². The number of carbonyl (C=O) groups excluding carboxylic acids is 1. The van der Waals surface area contributed by atoms with Gasteiger partial charge in [0.1, 0.15) is 4.88 Å². The summed E-state index contributed by atoms with van der Waals surface area (Å²) in [5.41, 5.74) is 3.05. The number of benzene rings is 3. The lowest BCUT2D eigenvalue weighted by molar-refractivity contribution is 0.0750. The molecule has 3 aromatic carbocycles. The van der Waals surface area contributed by atoms with E-state index in [9.17, 15) is 4.79 Å².